The second kappa shape index (κ2) is 3.61. The Hall–Kier alpha value is -0.790. The number of hydrogen-bond donors (Lipinski definition) is 0. The summed E-state index contributed by atoms with van der Waals surface area (Å²) < 4.78 is 5.42. The van der Waals surface area contributed by atoms with Crippen molar-refractivity contribution in [1.82, 2.24) is 0 Å². The average Bonchev–Trinajstić information content (AvgIpc) is 2.50. The van der Waals surface area contributed by atoms with Gasteiger partial charge in [-0.1, -0.05) is 33.3 Å². The van der Waals surface area contributed by atoms with Crippen molar-refractivity contribution in [2.45, 2.75) is 59.5 Å². The molecule has 1 heterocycles. The van der Waals surface area contributed by atoms with Gasteiger partial charge in [-0.2, -0.15) is 0 Å². The lowest BCUT2D eigenvalue weighted by atomic mass is 9.68. The molecule has 90 valence electrons. The largest absolute Gasteiger partial charge is 0.457 e. The van der Waals surface area contributed by atoms with Gasteiger partial charge in [-0.25, -0.2) is 0 Å². The SMILES string of the molecule is CCC(C)(C)C1=C[C@@H]2OC(=O)C[C@]2(C)CC1. The molecule has 16 heavy (non-hydrogen) atoms. The highest BCUT2D eigenvalue weighted by molar-refractivity contribution is 5.73. The highest BCUT2D eigenvalue weighted by atomic mass is 16.6. The normalized spacial score (nSPS) is 34.4. The maximum absolute atomic E-state index is 11.4. The molecule has 2 heteroatoms. The van der Waals surface area contributed by atoms with Crippen LogP contribution in [0.1, 0.15) is 53.4 Å². The minimum absolute atomic E-state index is 0.0228. The zero-order valence-electron chi connectivity index (χ0n) is 10.8. The maximum atomic E-state index is 11.4. The number of esters is 1. The zero-order valence-corrected chi connectivity index (χ0v) is 10.8. The van der Waals surface area contributed by atoms with Gasteiger partial charge in [0.05, 0.1) is 6.42 Å². The van der Waals surface area contributed by atoms with Gasteiger partial charge in [0.15, 0.2) is 0 Å². The number of allylic oxidation sites excluding steroid dienone is 1. The average molecular weight is 222 g/mol. The van der Waals surface area contributed by atoms with Crippen molar-refractivity contribution < 1.29 is 9.53 Å². The van der Waals surface area contributed by atoms with Crippen LogP contribution in [0, 0.1) is 10.8 Å². The predicted octanol–water partition coefficient (Wildman–Crippen LogP) is 3.46. The highest BCUT2D eigenvalue weighted by Crippen LogP contribution is 2.48. The van der Waals surface area contributed by atoms with Crippen molar-refractivity contribution in [2.75, 3.05) is 0 Å². The van der Waals surface area contributed by atoms with Crippen LogP contribution in [0.15, 0.2) is 11.6 Å². The van der Waals surface area contributed by atoms with E-state index in [0.717, 1.165) is 19.3 Å². The van der Waals surface area contributed by atoms with Crippen LogP contribution in [0.25, 0.3) is 0 Å². The third-order valence-electron chi connectivity index (χ3n) is 4.56. The monoisotopic (exact) mass is 222 g/mol. The summed E-state index contributed by atoms with van der Waals surface area (Å²) >= 11 is 0. The third kappa shape index (κ3) is 1.79. The van der Waals surface area contributed by atoms with Crippen molar-refractivity contribution >= 4 is 5.97 Å². The highest BCUT2D eigenvalue weighted by Gasteiger charge is 2.47. The summed E-state index contributed by atoms with van der Waals surface area (Å²) in [5, 5.41) is 0. The van der Waals surface area contributed by atoms with E-state index < -0.39 is 0 Å². The molecular formula is C14H22O2. The molecule has 1 saturated heterocycles. The van der Waals surface area contributed by atoms with Crippen LogP contribution >= 0.6 is 0 Å². The van der Waals surface area contributed by atoms with Crippen LogP contribution in [0.5, 0.6) is 0 Å². The minimum atomic E-state index is -0.0284. The molecule has 2 atom stereocenters. The second-order valence-corrected chi connectivity index (χ2v) is 6.17. The van der Waals surface area contributed by atoms with E-state index in [9.17, 15) is 4.79 Å². The number of carbonyl (C=O) groups is 1. The first kappa shape index (κ1) is 11.7. The lowest BCUT2D eigenvalue weighted by molar-refractivity contribution is -0.140. The quantitative estimate of drug-likeness (QED) is 0.528. The van der Waals surface area contributed by atoms with Crippen molar-refractivity contribution in [3.05, 3.63) is 11.6 Å². The summed E-state index contributed by atoms with van der Waals surface area (Å²) in [6.45, 7) is 8.95. The molecule has 1 aliphatic carbocycles. The van der Waals surface area contributed by atoms with Crippen LogP contribution < -0.4 is 0 Å². The second-order valence-electron chi connectivity index (χ2n) is 6.17. The molecule has 0 amide bonds. The van der Waals surface area contributed by atoms with Gasteiger partial charge in [0, 0.05) is 5.41 Å². The van der Waals surface area contributed by atoms with Crippen LogP contribution in [-0.4, -0.2) is 12.1 Å². The van der Waals surface area contributed by atoms with Gasteiger partial charge in [0.2, 0.25) is 0 Å². The molecule has 0 aromatic heterocycles. The van der Waals surface area contributed by atoms with E-state index in [2.05, 4.69) is 33.8 Å². The molecule has 0 bridgehead atoms. The molecule has 1 fully saturated rings. The van der Waals surface area contributed by atoms with Crippen molar-refractivity contribution in [1.29, 1.82) is 0 Å². The lowest BCUT2D eigenvalue weighted by Crippen LogP contribution is -2.32. The molecule has 0 N–H and O–H groups in total. The van der Waals surface area contributed by atoms with Crippen LogP contribution in [0.2, 0.25) is 0 Å². The molecule has 1 aliphatic heterocycles. The Kier molecular flexibility index (Phi) is 2.64. The number of fused-ring (bicyclic) bond motifs is 1. The molecule has 2 rings (SSSR count). The van der Waals surface area contributed by atoms with E-state index in [0.29, 0.717) is 6.42 Å². The first-order valence-electron chi connectivity index (χ1n) is 6.28. The van der Waals surface area contributed by atoms with E-state index in [1.54, 1.807) is 0 Å². The summed E-state index contributed by atoms with van der Waals surface area (Å²) in [7, 11) is 0. The van der Waals surface area contributed by atoms with E-state index in [1.165, 1.54) is 5.57 Å². The molecular weight excluding hydrogens is 200 g/mol. The molecule has 0 saturated carbocycles. The Bertz CT molecular complexity index is 341. The van der Waals surface area contributed by atoms with Crippen molar-refractivity contribution in [3.8, 4) is 0 Å². The fourth-order valence-corrected chi connectivity index (χ4v) is 2.70. The smallest absolute Gasteiger partial charge is 0.307 e. The molecule has 0 aromatic carbocycles. The van der Waals surface area contributed by atoms with Gasteiger partial charge in [0.1, 0.15) is 6.10 Å². The molecule has 2 nitrogen and oxygen atoms in total. The Morgan fingerprint density at radius 2 is 2.25 bits per heavy atom. The first-order valence-corrected chi connectivity index (χ1v) is 6.28. The fourth-order valence-electron chi connectivity index (χ4n) is 2.70. The topological polar surface area (TPSA) is 26.3 Å². The number of rotatable bonds is 2. The van der Waals surface area contributed by atoms with Gasteiger partial charge in [0.25, 0.3) is 0 Å². The Morgan fingerprint density at radius 3 is 2.88 bits per heavy atom. The Balaban J connectivity index is 2.25. The maximum Gasteiger partial charge on any atom is 0.307 e. The molecule has 0 unspecified atom stereocenters. The van der Waals surface area contributed by atoms with E-state index in [4.69, 9.17) is 4.74 Å². The summed E-state index contributed by atoms with van der Waals surface area (Å²) in [6, 6.07) is 0. The first-order chi connectivity index (χ1) is 7.37. The van der Waals surface area contributed by atoms with Crippen molar-refractivity contribution in [2.24, 2.45) is 10.8 Å². The lowest BCUT2D eigenvalue weighted by Gasteiger charge is -2.37. The molecule has 0 radical (unpaired) electrons. The third-order valence-corrected chi connectivity index (χ3v) is 4.56. The van der Waals surface area contributed by atoms with Gasteiger partial charge < -0.3 is 4.74 Å². The predicted molar refractivity (Wildman–Crippen MR) is 64.0 cm³/mol. The molecule has 0 spiro atoms. The van der Waals surface area contributed by atoms with Crippen LogP contribution in [0.4, 0.5) is 0 Å². The van der Waals surface area contributed by atoms with Crippen LogP contribution in [-0.2, 0) is 9.53 Å². The Labute approximate surface area is 98.1 Å². The minimum Gasteiger partial charge on any atom is -0.457 e. The van der Waals surface area contributed by atoms with Gasteiger partial charge >= 0.3 is 5.97 Å². The number of ether oxygens (including phenoxy) is 1. The molecule has 2 aliphatic rings. The van der Waals surface area contributed by atoms with E-state index in [1.807, 2.05) is 0 Å². The van der Waals surface area contributed by atoms with Gasteiger partial charge in [-0.3, -0.25) is 4.79 Å². The van der Waals surface area contributed by atoms with Crippen LogP contribution in [0.3, 0.4) is 0 Å². The van der Waals surface area contributed by atoms with Gasteiger partial charge in [-0.05, 0) is 30.8 Å². The fraction of sp³-hybridized carbons (Fsp3) is 0.786. The van der Waals surface area contributed by atoms with E-state index >= 15 is 0 Å². The summed E-state index contributed by atoms with van der Waals surface area (Å²) in [4.78, 5) is 11.4. The number of carbonyl (C=O) groups excluding carboxylic acids is 1. The molecule has 0 aromatic rings. The van der Waals surface area contributed by atoms with E-state index in [-0.39, 0.29) is 22.9 Å². The number of hydrogen-bond acceptors (Lipinski definition) is 2. The zero-order chi connectivity index (χ0) is 12.0. The summed E-state index contributed by atoms with van der Waals surface area (Å²) in [5.41, 5.74) is 1.77. The summed E-state index contributed by atoms with van der Waals surface area (Å²) in [6.07, 6.45) is 6.17. The summed E-state index contributed by atoms with van der Waals surface area (Å²) in [5.74, 6) is -0.0284. The Morgan fingerprint density at radius 1 is 1.56 bits per heavy atom. The standard InChI is InChI=1S/C14H22O2/c1-5-13(2,3)10-6-7-14(4)9-12(15)16-11(14)8-10/h8,11H,5-7,9H2,1-4H3/t11-,14-/m0/s1. The van der Waals surface area contributed by atoms with Gasteiger partial charge in [-0.15, -0.1) is 0 Å². The van der Waals surface area contributed by atoms with Crippen molar-refractivity contribution in [3.63, 3.8) is 0 Å².